The van der Waals surface area contributed by atoms with Crippen LogP contribution in [0.3, 0.4) is 0 Å². The number of nitriles is 1. The highest BCUT2D eigenvalue weighted by molar-refractivity contribution is 6.36. The number of rotatable bonds is 0. The molecule has 0 atom stereocenters. The lowest BCUT2D eigenvalue weighted by Crippen LogP contribution is -1.80. The first-order chi connectivity index (χ1) is 7.79. The van der Waals surface area contributed by atoms with E-state index in [-0.39, 0.29) is 0 Å². The highest BCUT2D eigenvalue weighted by Gasteiger charge is 2.09. The molecule has 0 radical (unpaired) electrons. The molecular weight excluding hydrogens is 224 g/mol. The number of hydrogen-bond acceptors (Lipinski definition) is 3. The van der Waals surface area contributed by atoms with Gasteiger partial charge in [0.25, 0.3) is 0 Å². The van der Waals surface area contributed by atoms with Gasteiger partial charge in [-0.3, -0.25) is 0 Å². The second kappa shape index (κ2) is 3.19. The van der Waals surface area contributed by atoms with Crippen molar-refractivity contribution in [2.45, 2.75) is 0 Å². The van der Waals surface area contributed by atoms with Crippen molar-refractivity contribution in [1.29, 1.82) is 5.26 Å². The Morgan fingerprint density at radius 2 is 2.19 bits per heavy atom. The molecular formula is C11H5ClN4. The predicted octanol–water partition coefficient (Wildman–Crippen LogP) is 2.64. The molecule has 76 valence electrons. The standard InChI is InChI=1S/C11H5ClN4/c12-10-9-7-3-6(4-13)1-2-8(7)16-11(9)15-5-14-10/h1-3,5H,(H,14,15,16). The summed E-state index contributed by atoms with van der Waals surface area (Å²) in [5.41, 5.74) is 2.18. The third-order valence-electron chi connectivity index (χ3n) is 2.47. The SMILES string of the molecule is N#Cc1ccc2[nH]c3ncnc(Cl)c3c2c1. The van der Waals surface area contributed by atoms with E-state index in [1.807, 2.05) is 6.07 Å². The number of benzene rings is 1. The molecule has 2 heterocycles. The summed E-state index contributed by atoms with van der Waals surface area (Å²) in [7, 11) is 0. The van der Waals surface area contributed by atoms with Crippen molar-refractivity contribution in [1.82, 2.24) is 15.0 Å². The summed E-state index contributed by atoms with van der Waals surface area (Å²) in [6.45, 7) is 0. The number of H-pyrrole nitrogens is 1. The fourth-order valence-electron chi connectivity index (χ4n) is 1.75. The van der Waals surface area contributed by atoms with Gasteiger partial charge in [0, 0.05) is 10.9 Å². The minimum Gasteiger partial charge on any atom is -0.339 e. The molecule has 0 spiro atoms. The van der Waals surface area contributed by atoms with Gasteiger partial charge in [0.1, 0.15) is 17.1 Å². The third kappa shape index (κ3) is 1.16. The molecule has 0 aliphatic rings. The normalized spacial score (nSPS) is 10.8. The van der Waals surface area contributed by atoms with Gasteiger partial charge in [-0.2, -0.15) is 5.26 Å². The number of aromatic nitrogens is 3. The van der Waals surface area contributed by atoms with Crippen molar-refractivity contribution < 1.29 is 0 Å². The first kappa shape index (κ1) is 9.13. The summed E-state index contributed by atoms with van der Waals surface area (Å²) in [5, 5.41) is 10.9. The van der Waals surface area contributed by atoms with Gasteiger partial charge >= 0.3 is 0 Å². The van der Waals surface area contributed by atoms with Crippen LogP contribution in [-0.4, -0.2) is 15.0 Å². The Hall–Kier alpha value is -2.12. The Bertz CT molecular complexity index is 739. The molecule has 0 unspecified atom stereocenters. The van der Waals surface area contributed by atoms with E-state index in [9.17, 15) is 0 Å². The Kier molecular flexibility index (Phi) is 1.82. The minimum atomic E-state index is 0.395. The zero-order chi connectivity index (χ0) is 11.1. The Balaban J connectivity index is 2.56. The van der Waals surface area contributed by atoms with Crippen molar-refractivity contribution in [2.24, 2.45) is 0 Å². The van der Waals surface area contributed by atoms with Crippen LogP contribution in [0.5, 0.6) is 0 Å². The number of nitrogens with one attached hydrogen (secondary N) is 1. The van der Waals surface area contributed by atoms with Crippen LogP contribution in [0.25, 0.3) is 21.9 Å². The average Bonchev–Trinajstić information content (AvgIpc) is 2.67. The van der Waals surface area contributed by atoms with Crippen molar-refractivity contribution in [3.8, 4) is 6.07 Å². The molecule has 0 aliphatic carbocycles. The molecule has 5 heteroatoms. The van der Waals surface area contributed by atoms with Gasteiger partial charge in [-0.1, -0.05) is 11.6 Å². The van der Waals surface area contributed by atoms with Crippen LogP contribution in [0.4, 0.5) is 0 Å². The number of nitrogens with zero attached hydrogens (tertiary/aromatic N) is 3. The van der Waals surface area contributed by atoms with E-state index in [2.05, 4.69) is 21.0 Å². The van der Waals surface area contributed by atoms with E-state index in [1.165, 1.54) is 6.33 Å². The maximum Gasteiger partial charge on any atom is 0.143 e. The van der Waals surface area contributed by atoms with Crippen molar-refractivity contribution >= 4 is 33.5 Å². The summed E-state index contributed by atoms with van der Waals surface area (Å²) in [6.07, 6.45) is 1.41. The zero-order valence-corrected chi connectivity index (χ0v) is 8.78. The van der Waals surface area contributed by atoms with Gasteiger partial charge < -0.3 is 4.98 Å². The Morgan fingerprint density at radius 1 is 1.31 bits per heavy atom. The maximum absolute atomic E-state index is 8.85. The van der Waals surface area contributed by atoms with Gasteiger partial charge in [-0.15, -0.1) is 0 Å². The second-order valence-corrected chi connectivity index (χ2v) is 3.74. The van der Waals surface area contributed by atoms with E-state index in [1.54, 1.807) is 12.1 Å². The molecule has 3 aromatic rings. The lowest BCUT2D eigenvalue weighted by molar-refractivity contribution is 1.21. The topological polar surface area (TPSA) is 65.4 Å². The summed E-state index contributed by atoms with van der Waals surface area (Å²) in [5.74, 6) is 0. The predicted molar refractivity (Wildman–Crippen MR) is 61.1 cm³/mol. The van der Waals surface area contributed by atoms with Crippen LogP contribution in [0.1, 0.15) is 5.56 Å². The molecule has 0 fully saturated rings. The molecule has 4 nitrogen and oxygen atoms in total. The first-order valence-corrected chi connectivity index (χ1v) is 4.99. The van der Waals surface area contributed by atoms with Crippen LogP contribution in [0.2, 0.25) is 5.15 Å². The van der Waals surface area contributed by atoms with E-state index >= 15 is 0 Å². The van der Waals surface area contributed by atoms with Gasteiger partial charge in [0.2, 0.25) is 0 Å². The lowest BCUT2D eigenvalue weighted by atomic mass is 10.1. The Morgan fingerprint density at radius 3 is 3.00 bits per heavy atom. The fraction of sp³-hybridized carbons (Fsp3) is 0. The van der Waals surface area contributed by atoms with Crippen LogP contribution in [0, 0.1) is 11.3 Å². The molecule has 0 aliphatic heterocycles. The molecule has 16 heavy (non-hydrogen) atoms. The van der Waals surface area contributed by atoms with Gasteiger partial charge in [-0.25, -0.2) is 9.97 Å². The van der Waals surface area contributed by atoms with Crippen LogP contribution >= 0.6 is 11.6 Å². The fourth-order valence-corrected chi connectivity index (χ4v) is 1.99. The number of halogens is 1. The maximum atomic E-state index is 8.85. The largest absolute Gasteiger partial charge is 0.339 e. The molecule has 2 aromatic heterocycles. The van der Waals surface area contributed by atoms with Crippen molar-refractivity contribution in [2.75, 3.05) is 0 Å². The second-order valence-electron chi connectivity index (χ2n) is 3.39. The van der Waals surface area contributed by atoms with Gasteiger partial charge in [0.05, 0.1) is 17.0 Å². The minimum absolute atomic E-state index is 0.395. The average molecular weight is 229 g/mol. The summed E-state index contributed by atoms with van der Waals surface area (Å²) < 4.78 is 0. The highest BCUT2D eigenvalue weighted by Crippen LogP contribution is 2.28. The van der Waals surface area contributed by atoms with Crippen molar-refractivity contribution in [3.63, 3.8) is 0 Å². The quantitative estimate of drug-likeness (QED) is 0.602. The van der Waals surface area contributed by atoms with Crippen LogP contribution in [0.15, 0.2) is 24.5 Å². The summed E-state index contributed by atoms with van der Waals surface area (Å²) >= 11 is 6.02. The van der Waals surface area contributed by atoms with E-state index in [0.29, 0.717) is 16.4 Å². The first-order valence-electron chi connectivity index (χ1n) is 4.61. The van der Waals surface area contributed by atoms with Gasteiger partial charge in [-0.05, 0) is 18.2 Å². The lowest BCUT2D eigenvalue weighted by Gasteiger charge is -1.93. The van der Waals surface area contributed by atoms with E-state index in [4.69, 9.17) is 16.9 Å². The monoisotopic (exact) mass is 228 g/mol. The van der Waals surface area contributed by atoms with E-state index in [0.717, 1.165) is 16.3 Å². The molecule has 0 amide bonds. The van der Waals surface area contributed by atoms with Crippen molar-refractivity contribution in [3.05, 3.63) is 35.2 Å². The molecule has 0 saturated carbocycles. The summed E-state index contributed by atoms with van der Waals surface area (Å²) in [6, 6.07) is 7.46. The molecule has 1 N–H and O–H groups in total. The third-order valence-corrected chi connectivity index (χ3v) is 2.76. The van der Waals surface area contributed by atoms with E-state index < -0.39 is 0 Å². The molecule has 0 bridgehead atoms. The smallest absolute Gasteiger partial charge is 0.143 e. The highest BCUT2D eigenvalue weighted by atomic mass is 35.5. The molecule has 0 saturated heterocycles. The van der Waals surface area contributed by atoms with Crippen LogP contribution in [-0.2, 0) is 0 Å². The molecule has 1 aromatic carbocycles. The zero-order valence-electron chi connectivity index (χ0n) is 8.03. The van der Waals surface area contributed by atoms with Crippen LogP contribution < -0.4 is 0 Å². The Labute approximate surface area is 95.5 Å². The molecule has 3 rings (SSSR count). The van der Waals surface area contributed by atoms with Gasteiger partial charge in [0.15, 0.2) is 0 Å². The summed E-state index contributed by atoms with van der Waals surface area (Å²) in [4.78, 5) is 11.2. The number of hydrogen-bond donors (Lipinski definition) is 1. The number of fused-ring (bicyclic) bond motifs is 3. The number of aromatic amines is 1.